The van der Waals surface area contributed by atoms with Crippen molar-refractivity contribution in [3.05, 3.63) is 53.6 Å². The van der Waals surface area contributed by atoms with Gasteiger partial charge in [-0.05, 0) is 30.7 Å². The Labute approximate surface area is 104 Å². The minimum Gasteiger partial charge on any atom is -0.464 e. The topological polar surface area (TPSA) is 39.2 Å². The van der Waals surface area contributed by atoms with Crippen LogP contribution in [0.4, 0.5) is 4.39 Å². The minimum atomic E-state index is -0.483. The first kappa shape index (κ1) is 12.2. The van der Waals surface area contributed by atoms with Crippen LogP contribution in [0, 0.1) is 12.7 Å². The summed E-state index contributed by atoms with van der Waals surface area (Å²) in [5.41, 5.74) is 2.43. The monoisotopic (exact) mass is 245 g/mol. The number of benzene rings is 1. The fraction of sp³-hybridized carbons (Fsp3) is 0.143. The molecular formula is C14H12FNO2. The summed E-state index contributed by atoms with van der Waals surface area (Å²) in [7, 11) is 1.31. The summed E-state index contributed by atoms with van der Waals surface area (Å²) >= 11 is 0. The van der Waals surface area contributed by atoms with Crippen LogP contribution in [-0.4, -0.2) is 18.1 Å². The molecule has 4 heteroatoms. The van der Waals surface area contributed by atoms with Gasteiger partial charge >= 0.3 is 5.97 Å². The van der Waals surface area contributed by atoms with Crippen molar-refractivity contribution in [3.63, 3.8) is 0 Å². The number of carbonyl (C=O) groups excluding carboxylic acids is 1. The van der Waals surface area contributed by atoms with Crippen LogP contribution in [0.5, 0.6) is 0 Å². The number of aromatic nitrogens is 1. The largest absolute Gasteiger partial charge is 0.464 e. The number of halogens is 1. The maximum absolute atomic E-state index is 13.2. The number of nitrogens with zero attached hydrogens (tertiary/aromatic N) is 1. The highest BCUT2D eigenvalue weighted by molar-refractivity contribution is 5.87. The fourth-order valence-electron chi connectivity index (χ4n) is 1.74. The lowest BCUT2D eigenvalue weighted by Gasteiger charge is -2.07. The molecule has 1 heterocycles. The summed E-state index contributed by atoms with van der Waals surface area (Å²) in [5.74, 6) is -0.784. The molecule has 0 unspecified atom stereocenters. The minimum absolute atomic E-state index is 0.246. The van der Waals surface area contributed by atoms with E-state index < -0.39 is 5.97 Å². The lowest BCUT2D eigenvalue weighted by molar-refractivity contribution is 0.0594. The first-order valence-electron chi connectivity index (χ1n) is 5.43. The number of rotatable bonds is 2. The van der Waals surface area contributed by atoms with Crippen molar-refractivity contribution in [2.75, 3.05) is 7.11 Å². The van der Waals surface area contributed by atoms with Gasteiger partial charge < -0.3 is 4.74 Å². The number of pyridine rings is 1. The van der Waals surface area contributed by atoms with E-state index in [0.717, 1.165) is 11.1 Å². The molecule has 0 saturated carbocycles. The Morgan fingerprint density at radius 1 is 1.28 bits per heavy atom. The molecule has 0 amide bonds. The number of esters is 1. The summed E-state index contributed by atoms with van der Waals surface area (Å²) in [6.45, 7) is 1.77. The highest BCUT2D eigenvalue weighted by Gasteiger charge is 2.10. The molecule has 0 spiro atoms. The van der Waals surface area contributed by atoms with Crippen molar-refractivity contribution in [2.24, 2.45) is 0 Å². The van der Waals surface area contributed by atoms with Crippen LogP contribution in [0.15, 0.2) is 36.4 Å². The van der Waals surface area contributed by atoms with E-state index in [4.69, 9.17) is 0 Å². The highest BCUT2D eigenvalue weighted by atomic mass is 19.1. The average molecular weight is 245 g/mol. The molecule has 0 fully saturated rings. The van der Waals surface area contributed by atoms with E-state index in [1.165, 1.54) is 19.2 Å². The Morgan fingerprint density at radius 2 is 2.06 bits per heavy atom. The van der Waals surface area contributed by atoms with Gasteiger partial charge in [0.2, 0.25) is 0 Å². The van der Waals surface area contributed by atoms with E-state index in [9.17, 15) is 9.18 Å². The third kappa shape index (κ3) is 2.37. The molecule has 0 N–H and O–H groups in total. The van der Waals surface area contributed by atoms with Gasteiger partial charge in [-0.3, -0.25) is 0 Å². The maximum Gasteiger partial charge on any atom is 0.356 e. The van der Waals surface area contributed by atoms with Gasteiger partial charge in [0.25, 0.3) is 0 Å². The molecule has 0 radical (unpaired) electrons. The van der Waals surface area contributed by atoms with Crippen LogP contribution >= 0.6 is 0 Å². The number of hydrogen-bond donors (Lipinski definition) is 0. The van der Waals surface area contributed by atoms with Gasteiger partial charge in [0.05, 0.1) is 7.11 Å². The van der Waals surface area contributed by atoms with Crippen molar-refractivity contribution in [1.82, 2.24) is 4.98 Å². The molecule has 1 aromatic carbocycles. The van der Waals surface area contributed by atoms with E-state index in [1.54, 1.807) is 31.2 Å². The normalized spacial score (nSPS) is 10.2. The zero-order chi connectivity index (χ0) is 13.1. The van der Waals surface area contributed by atoms with Crippen LogP contribution in [-0.2, 0) is 4.74 Å². The lowest BCUT2D eigenvalue weighted by Crippen LogP contribution is -2.05. The zero-order valence-electron chi connectivity index (χ0n) is 10.1. The first-order chi connectivity index (χ1) is 8.61. The Hall–Kier alpha value is -2.23. The van der Waals surface area contributed by atoms with Gasteiger partial charge in [-0.2, -0.15) is 0 Å². The summed E-state index contributed by atoms with van der Waals surface area (Å²) in [4.78, 5) is 15.5. The molecule has 18 heavy (non-hydrogen) atoms. The van der Waals surface area contributed by atoms with E-state index in [0.29, 0.717) is 5.69 Å². The summed E-state index contributed by atoms with van der Waals surface area (Å²) in [5, 5.41) is 0. The molecule has 0 atom stereocenters. The Balaban J connectivity index is 2.45. The average Bonchev–Trinajstić information content (AvgIpc) is 2.37. The fourth-order valence-corrected chi connectivity index (χ4v) is 1.74. The van der Waals surface area contributed by atoms with Crippen molar-refractivity contribution in [3.8, 4) is 11.1 Å². The third-order valence-electron chi connectivity index (χ3n) is 2.62. The van der Waals surface area contributed by atoms with Crippen molar-refractivity contribution >= 4 is 5.97 Å². The quantitative estimate of drug-likeness (QED) is 0.763. The molecule has 3 nitrogen and oxygen atoms in total. The van der Waals surface area contributed by atoms with Crippen molar-refractivity contribution in [2.45, 2.75) is 6.92 Å². The second-order valence-corrected chi connectivity index (χ2v) is 3.83. The Kier molecular flexibility index (Phi) is 3.37. The van der Waals surface area contributed by atoms with Crippen LogP contribution in [0.3, 0.4) is 0 Å². The number of ether oxygens (including phenoxy) is 1. The Bertz CT molecular complexity index is 596. The molecule has 0 bridgehead atoms. The number of aryl methyl sites for hydroxylation is 1. The number of hydrogen-bond acceptors (Lipinski definition) is 3. The SMILES string of the molecule is COC(=O)c1ccc(-c2cccc(F)c2)c(C)n1. The van der Waals surface area contributed by atoms with E-state index in [-0.39, 0.29) is 11.5 Å². The van der Waals surface area contributed by atoms with E-state index >= 15 is 0 Å². The Morgan fingerprint density at radius 3 is 2.67 bits per heavy atom. The maximum atomic E-state index is 13.2. The van der Waals surface area contributed by atoms with Crippen LogP contribution in [0.2, 0.25) is 0 Å². The predicted molar refractivity (Wildman–Crippen MR) is 65.7 cm³/mol. The predicted octanol–water partition coefficient (Wildman–Crippen LogP) is 2.98. The molecule has 92 valence electrons. The molecule has 2 rings (SSSR count). The third-order valence-corrected chi connectivity index (χ3v) is 2.62. The van der Waals surface area contributed by atoms with Gasteiger partial charge in [-0.1, -0.05) is 18.2 Å². The zero-order valence-corrected chi connectivity index (χ0v) is 10.1. The first-order valence-corrected chi connectivity index (χ1v) is 5.43. The van der Waals surface area contributed by atoms with E-state index in [2.05, 4.69) is 9.72 Å². The highest BCUT2D eigenvalue weighted by Crippen LogP contribution is 2.23. The van der Waals surface area contributed by atoms with Crippen LogP contribution in [0.1, 0.15) is 16.2 Å². The molecule has 0 aliphatic carbocycles. The molecular weight excluding hydrogens is 233 g/mol. The van der Waals surface area contributed by atoms with Gasteiger partial charge in [-0.15, -0.1) is 0 Å². The summed E-state index contributed by atoms with van der Waals surface area (Å²) < 4.78 is 17.7. The molecule has 1 aromatic heterocycles. The number of methoxy groups -OCH3 is 1. The number of carbonyl (C=O) groups is 1. The van der Waals surface area contributed by atoms with Gasteiger partial charge in [0, 0.05) is 11.3 Å². The molecule has 0 aliphatic heterocycles. The van der Waals surface area contributed by atoms with Crippen LogP contribution < -0.4 is 0 Å². The second-order valence-electron chi connectivity index (χ2n) is 3.83. The van der Waals surface area contributed by atoms with Gasteiger partial charge in [0.15, 0.2) is 0 Å². The summed E-state index contributed by atoms with van der Waals surface area (Å²) in [6, 6.07) is 9.56. The van der Waals surface area contributed by atoms with E-state index in [1.807, 2.05) is 0 Å². The summed E-state index contributed by atoms with van der Waals surface area (Å²) in [6.07, 6.45) is 0. The van der Waals surface area contributed by atoms with Crippen LogP contribution in [0.25, 0.3) is 11.1 Å². The molecule has 0 aliphatic rings. The lowest BCUT2D eigenvalue weighted by atomic mass is 10.0. The van der Waals surface area contributed by atoms with Crippen molar-refractivity contribution in [1.29, 1.82) is 0 Å². The van der Waals surface area contributed by atoms with Crippen molar-refractivity contribution < 1.29 is 13.9 Å². The standard InChI is InChI=1S/C14H12FNO2/c1-9-12(10-4-3-5-11(15)8-10)6-7-13(16-9)14(17)18-2/h3-8H,1-2H3. The molecule has 2 aromatic rings. The molecule has 0 saturated heterocycles. The van der Waals surface area contributed by atoms with Gasteiger partial charge in [0.1, 0.15) is 11.5 Å². The van der Waals surface area contributed by atoms with Gasteiger partial charge in [-0.25, -0.2) is 14.2 Å². The second kappa shape index (κ2) is 4.96. The smallest absolute Gasteiger partial charge is 0.356 e.